The zero-order valence-corrected chi connectivity index (χ0v) is 19.2. The average molecular weight is 448 g/mol. The average Bonchev–Trinajstić information content (AvgIpc) is 3.59. The smallest absolute Gasteiger partial charge is 0.138 e. The summed E-state index contributed by atoms with van der Waals surface area (Å²) in [4.78, 5) is 0. The summed E-state index contributed by atoms with van der Waals surface area (Å²) >= 11 is 4.73. The van der Waals surface area contributed by atoms with Crippen LogP contribution in [0, 0.1) is 12.7 Å². The molecule has 1 fully saturated rings. The van der Waals surface area contributed by atoms with Crippen LogP contribution in [-0.2, 0) is 0 Å². The molecule has 0 spiro atoms. The molecule has 0 aliphatic heterocycles. The van der Waals surface area contributed by atoms with Crippen molar-refractivity contribution in [3.63, 3.8) is 0 Å². The summed E-state index contributed by atoms with van der Waals surface area (Å²) in [5.41, 5.74) is 5.56. The second-order valence-electron chi connectivity index (χ2n) is 8.44. The predicted octanol–water partition coefficient (Wildman–Crippen LogP) is 8.28. The first-order valence-corrected chi connectivity index (χ1v) is 11.5. The molecule has 5 heteroatoms. The van der Waals surface area contributed by atoms with Crippen molar-refractivity contribution in [3.8, 4) is 22.8 Å². The minimum absolute atomic E-state index is 0.281. The fourth-order valence-electron chi connectivity index (χ4n) is 4.14. The van der Waals surface area contributed by atoms with E-state index in [0.29, 0.717) is 17.4 Å². The molecule has 1 heterocycles. The Kier molecular flexibility index (Phi) is 5.60. The molecule has 164 valence electrons. The molecule has 1 saturated carbocycles. The summed E-state index contributed by atoms with van der Waals surface area (Å²) in [7, 11) is 0. The van der Waals surface area contributed by atoms with Crippen molar-refractivity contribution in [1.82, 2.24) is 0 Å². The lowest BCUT2D eigenvalue weighted by Crippen LogP contribution is -2.12. The van der Waals surface area contributed by atoms with E-state index in [1.165, 1.54) is 30.5 Å². The van der Waals surface area contributed by atoms with Crippen molar-refractivity contribution in [2.75, 3.05) is 10.8 Å². The molecule has 32 heavy (non-hydrogen) atoms. The molecule has 1 aromatic heterocycles. The zero-order valence-electron chi connectivity index (χ0n) is 18.3. The lowest BCUT2D eigenvalue weighted by atomic mass is 10.0. The van der Waals surface area contributed by atoms with E-state index in [2.05, 4.69) is 26.0 Å². The van der Waals surface area contributed by atoms with Crippen LogP contribution in [0.2, 0.25) is 0 Å². The monoisotopic (exact) mass is 447 g/mol. The lowest BCUT2D eigenvalue weighted by molar-refractivity contribution is 0.480. The number of anilines is 1. The Morgan fingerprint density at radius 2 is 1.69 bits per heavy atom. The maximum absolute atomic E-state index is 13.1. The first kappa shape index (κ1) is 21.0. The van der Waals surface area contributed by atoms with Gasteiger partial charge in [-0.2, -0.15) is 0 Å². The van der Waals surface area contributed by atoms with E-state index in [1.807, 2.05) is 28.6 Å². The molecule has 1 aliphatic rings. The highest BCUT2D eigenvalue weighted by atomic mass is 32.1. The number of aryl methyl sites for hydroxylation is 1. The number of thiol groups is 1. The van der Waals surface area contributed by atoms with Gasteiger partial charge in [-0.3, -0.25) is 0 Å². The first-order valence-electron chi connectivity index (χ1n) is 11.1. The van der Waals surface area contributed by atoms with Gasteiger partial charge in [0.25, 0.3) is 0 Å². The van der Waals surface area contributed by atoms with Gasteiger partial charge in [-0.1, -0.05) is 19.7 Å². The summed E-state index contributed by atoms with van der Waals surface area (Å²) in [5, 5.41) is 1.16. The maximum atomic E-state index is 13.1. The van der Waals surface area contributed by atoms with E-state index < -0.39 is 0 Å². The number of halogens is 1. The van der Waals surface area contributed by atoms with Crippen molar-refractivity contribution in [2.45, 2.75) is 39.0 Å². The Labute approximate surface area is 193 Å². The topological polar surface area (TPSA) is 25.6 Å². The largest absolute Gasteiger partial charge is 0.457 e. The number of nitrogens with zero attached hydrogens (tertiary/aromatic N) is 1. The molecule has 0 amide bonds. The van der Waals surface area contributed by atoms with Gasteiger partial charge in [-0.15, -0.1) is 0 Å². The van der Waals surface area contributed by atoms with Crippen LogP contribution in [0.1, 0.15) is 43.2 Å². The number of ether oxygens (including phenoxy) is 1. The molecule has 0 N–H and O–H groups in total. The van der Waals surface area contributed by atoms with Gasteiger partial charge in [0, 0.05) is 29.1 Å². The molecule has 0 radical (unpaired) electrons. The molecular formula is C27H26FNO2S. The SMILES string of the molecule is CCCN(S)c1cc2oc(-c3ccc(Oc4ccc(F)cc4)cc3)c(C)c2cc1C1CC1. The number of benzene rings is 3. The standard InChI is InChI=1S/C27H26FNO2S/c1-3-14-29(32)25-16-26-23(15-24(25)18-4-5-18)17(2)27(31-26)19-6-10-21(11-7-19)30-22-12-8-20(28)9-13-22/h6-13,15-16,18,32H,3-5,14H2,1-2H3. The third-order valence-corrected chi connectivity index (χ3v) is 6.40. The van der Waals surface area contributed by atoms with Gasteiger partial charge in [0.05, 0.1) is 5.69 Å². The van der Waals surface area contributed by atoms with Crippen LogP contribution in [0.25, 0.3) is 22.3 Å². The van der Waals surface area contributed by atoms with Gasteiger partial charge in [0.15, 0.2) is 0 Å². The third kappa shape index (κ3) is 4.09. The molecule has 0 saturated heterocycles. The van der Waals surface area contributed by atoms with Crippen molar-refractivity contribution in [1.29, 1.82) is 0 Å². The maximum Gasteiger partial charge on any atom is 0.138 e. The lowest BCUT2D eigenvalue weighted by Gasteiger charge is -2.20. The molecule has 0 atom stereocenters. The highest BCUT2D eigenvalue weighted by molar-refractivity contribution is 7.81. The van der Waals surface area contributed by atoms with Gasteiger partial charge in [0.1, 0.15) is 28.7 Å². The Morgan fingerprint density at radius 3 is 2.31 bits per heavy atom. The van der Waals surface area contributed by atoms with Crippen molar-refractivity contribution in [3.05, 3.63) is 77.6 Å². The highest BCUT2D eigenvalue weighted by Crippen LogP contribution is 2.47. The van der Waals surface area contributed by atoms with Crippen molar-refractivity contribution >= 4 is 29.5 Å². The minimum Gasteiger partial charge on any atom is -0.457 e. The number of fused-ring (bicyclic) bond motifs is 1. The Balaban J connectivity index is 1.47. The normalized spacial score (nSPS) is 13.5. The quantitative estimate of drug-likeness (QED) is 0.289. The molecular weight excluding hydrogens is 421 g/mol. The molecule has 1 aliphatic carbocycles. The fourth-order valence-corrected chi connectivity index (χ4v) is 4.51. The second-order valence-corrected chi connectivity index (χ2v) is 8.92. The molecule has 3 nitrogen and oxygen atoms in total. The Bertz CT molecular complexity index is 1240. The van der Waals surface area contributed by atoms with E-state index in [-0.39, 0.29) is 5.82 Å². The fraction of sp³-hybridized carbons (Fsp3) is 0.259. The van der Waals surface area contributed by atoms with Crippen LogP contribution in [-0.4, -0.2) is 6.54 Å². The predicted molar refractivity (Wildman–Crippen MR) is 131 cm³/mol. The van der Waals surface area contributed by atoms with Crippen molar-refractivity contribution in [2.24, 2.45) is 0 Å². The van der Waals surface area contributed by atoms with Gasteiger partial charge in [-0.05, 0) is 92.3 Å². The number of rotatable bonds is 7. The van der Waals surface area contributed by atoms with Crippen LogP contribution in [0.5, 0.6) is 11.5 Å². The van der Waals surface area contributed by atoms with E-state index in [0.717, 1.165) is 46.5 Å². The number of furan rings is 1. The summed E-state index contributed by atoms with van der Waals surface area (Å²) < 4.78 is 27.3. The molecule has 0 bridgehead atoms. The van der Waals surface area contributed by atoms with Crippen LogP contribution < -0.4 is 9.04 Å². The van der Waals surface area contributed by atoms with Crippen LogP contribution in [0.3, 0.4) is 0 Å². The molecule has 3 aromatic carbocycles. The summed E-state index contributed by atoms with van der Waals surface area (Å²) in [6.45, 7) is 5.18. The van der Waals surface area contributed by atoms with E-state index >= 15 is 0 Å². The number of hydrogen-bond acceptors (Lipinski definition) is 4. The molecule has 0 unspecified atom stereocenters. The van der Waals surface area contributed by atoms with Crippen LogP contribution in [0.4, 0.5) is 10.1 Å². The molecule has 5 rings (SSSR count). The Morgan fingerprint density at radius 1 is 1.03 bits per heavy atom. The highest BCUT2D eigenvalue weighted by Gasteiger charge is 2.29. The van der Waals surface area contributed by atoms with E-state index in [1.54, 1.807) is 12.1 Å². The molecule has 4 aromatic rings. The Hall–Kier alpha value is -2.92. The van der Waals surface area contributed by atoms with Gasteiger partial charge in [-0.25, -0.2) is 4.39 Å². The van der Waals surface area contributed by atoms with Gasteiger partial charge < -0.3 is 13.5 Å². The first-order chi connectivity index (χ1) is 15.5. The minimum atomic E-state index is -0.281. The number of hydrogen-bond donors (Lipinski definition) is 1. The van der Waals surface area contributed by atoms with Gasteiger partial charge in [0.2, 0.25) is 0 Å². The van der Waals surface area contributed by atoms with Crippen molar-refractivity contribution < 1.29 is 13.5 Å². The second kappa shape index (κ2) is 8.55. The van der Waals surface area contributed by atoms with Crippen LogP contribution >= 0.6 is 12.8 Å². The zero-order chi connectivity index (χ0) is 22.2. The summed E-state index contributed by atoms with van der Waals surface area (Å²) in [6.07, 6.45) is 3.53. The summed E-state index contributed by atoms with van der Waals surface area (Å²) in [5.74, 6) is 2.51. The van der Waals surface area contributed by atoms with E-state index in [9.17, 15) is 4.39 Å². The van der Waals surface area contributed by atoms with Crippen LogP contribution in [0.15, 0.2) is 65.1 Å². The summed E-state index contributed by atoms with van der Waals surface area (Å²) in [6, 6.07) is 18.3. The third-order valence-electron chi connectivity index (χ3n) is 5.98. The van der Waals surface area contributed by atoms with E-state index in [4.69, 9.17) is 22.0 Å². The van der Waals surface area contributed by atoms with Gasteiger partial charge >= 0.3 is 0 Å².